The first-order valence-electron chi connectivity index (χ1n) is 9.11. The lowest BCUT2D eigenvalue weighted by Crippen LogP contribution is -2.33. The van der Waals surface area contributed by atoms with Crippen molar-refractivity contribution in [1.82, 2.24) is 9.55 Å². The Balaban J connectivity index is 1.71. The number of hydrogen-bond donors (Lipinski definition) is 0. The van der Waals surface area contributed by atoms with Gasteiger partial charge in [0.1, 0.15) is 0 Å². The van der Waals surface area contributed by atoms with Crippen molar-refractivity contribution in [2.45, 2.75) is 61.3 Å². The van der Waals surface area contributed by atoms with Crippen LogP contribution in [0.4, 0.5) is 0 Å². The summed E-state index contributed by atoms with van der Waals surface area (Å²) in [6.07, 6.45) is 13.7. The Hall–Kier alpha value is -0.870. The standard InChI is InChI=1S/C20H28N2S2/c1-2-3-9-19-10-15-23-20(24-19,11-13-22-14-12-21-17-22)16-18-7-5-4-6-8-18/h4-8,12,14,17,19H,2-3,9-11,13,15-16H2,1H3. The Morgan fingerprint density at radius 3 is 2.92 bits per heavy atom. The largest absolute Gasteiger partial charge is 0.337 e. The number of aryl methyl sites for hydroxylation is 1. The van der Waals surface area contributed by atoms with E-state index in [1.807, 2.05) is 12.5 Å². The van der Waals surface area contributed by atoms with Gasteiger partial charge < -0.3 is 4.57 Å². The van der Waals surface area contributed by atoms with Crippen LogP contribution in [0.2, 0.25) is 0 Å². The van der Waals surface area contributed by atoms with Crippen LogP contribution < -0.4 is 0 Å². The van der Waals surface area contributed by atoms with Gasteiger partial charge in [-0.25, -0.2) is 4.98 Å². The van der Waals surface area contributed by atoms with Crippen LogP contribution in [0, 0.1) is 0 Å². The molecule has 2 heterocycles. The molecule has 0 bridgehead atoms. The van der Waals surface area contributed by atoms with Crippen molar-refractivity contribution in [3.63, 3.8) is 0 Å². The third kappa shape index (κ3) is 5.06. The number of rotatable bonds is 8. The summed E-state index contributed by atoms with van der Waals surface area (Å²) in [5.41, 5.74) is 1.47. The molecule has 130 valence electrons. The molecule has 2 aromatic rings. The number of hydrogen-bond acceptors (Lipinski definition) is 3. The minimum Gasteiger partial charge on any atom is -0.337 e. The van der Waals surface area contributed by atoms with E-state index >= 15 is 0 Å². The van der Waals surface area contributed by atoms with Crippen molar-refractivity contribution in [3.05, 3.63) is 54.6 Å². The molecule has 3 rings (SSSR count). The molecule has 1 aliphatic heterocycles. The summed E-state index contributed by atoms with van der Waals surface area (Å²) in [7, 11) is 0. The number of aromatic nitrogens is 2. The predicted molar refractivity (Wildman–Crippen MR) is 108 cm³/mol. The smallest absolute Gasteiger partial charge is 0.0945 e. The Kier molecular flexibility index (Phi) is 6.73. The fraction of sp³-hybridized carbons (Fsp3) is 0.550. The Morgan fingerprint density at radius 2 is 2.17 bits per heavy atom. The van der Waals surface area contributed by atoms with Crippen LogP contribution in [0.25, 0.3) is 0 Å². The quantitative estimate of drug-likeness (QED) is 0.606. The van der Waals surface area contributed by atoms with Gasteiger partial charge in [-0.05, 0) is 37.0 Å². The first-order valence-corrected chi connectivity index (χ1v) is 11.0. The molecule has 1 saturated heterocycles. The molecule has 0 aliphatic carbocycles. The summed E-state index contributed by atoms with van der Waals surface area (Å²) in [6.45, 7) is 3.37. The van der Waals surface area contributed by atoms with Crippen LogP contribution in [0.3, 0.4) is 0 Å². The predicted octanol–water partition coefficient (Wildman–Crippen LogP) is 5.64. The van der Waals surface area contributed by atoms with E-state index in [9.17, 15) is 0 Å². The summed E-state index contributed by atoms with van der Waals surface area (Å²) in [5, 5.41) is 0.831. The highest BCUT2D eigenvalue weighted by Crippen LogP contribution is 2.51. The molecule has 4 heteroatoms. The van der Waals surface area contributed by atoms with Crippen LogP contribution in [0.15, 0.2) is 49.1 Å². The van der Waals surface area contributed by atoms with E-state index in [0.717, 1.165) is 11.8 Å². The molecular weight excluding hydrogens is 332 g/mol. The van der Waals surface area contributed by atoms with Gasteiger partial charge in [0, 0.05) is 24.2 Å². The fourth-order valence-corrected chi connectivity index (χ4v) is 7.29. The van der Waals surface area contributed by atoms with Gasteiger partial charge in [0.25, 0.3) is 0 Å². The van der Waals surface area contributed by atoms with Gasteiger partial charge in [-0.1, -0.05) is 50.1 Å². The normalized spacial score (nSPS) is 24.1. The fourth-order valence-electron chi connectivity index (χ4n) is 3.35. The summed E-state index contributed by atoms with van der Waals surface area (Å²) in [6, 6.07) is 11.0. The average molecular weight is 361 g/mol. The average Bonchev–Trinajstić information content (AvgIpc) is 3.13. The van der Waals surface area contributed by atoms with Gasteiger partial charge in [-0.3, -0.25) is 0 Å². The molecule has 24 heavy (non-hydrogen) atoms. The lowest BCUT2D eigenvalue weighted by molar-refractivity contribution is 0.581. The molecular formula is C20H28N2S2. The topological polar surface area (TPSA) is 17.8 Å². The minimum atomic E-state index is 0.308. The third-order valence-electron chi connectivity index (χ3n) is 4.69. The second kappa shape index (κ2) is 9.00. The van der Waals surface area contributed by atoms with Crippen LogP contribution >= 0.6 is 23.5 Å². The summed E-state index contributed by atoms with van der Waals surface area (Å²) >= 11 is 4.46. The molecule has 1 aliphatic rings. The maximum Gasteiger partial charge on any atom is 0.0945 e. The third-order valence-corrected chi connectivity index (χ3v) is 8.23. The van der Waals surface area contributed by atoms with E-state index < -0.39 is 0 Å². The molecule has 2 atom stereocenters. The Morgan fingerprint density at radius 1 is 1.29 bits per heavy atom. The van der Waals surface area contributed by atoms with Crippen molar-refractivity contribution >= 4 is 23.5 Å². The number of unbranched alkanes of at least 4 members (excludes halogenated alkanes) is 1. The molecule has 1 aromatic heterocycles. The van der Waals surface area contributed by atoms with Crippen LogP contribution in [0.1, 0.15) is 44.6 Å². The summed E-state index contributed by atoms with van der Waals surface area (Å²) in [5.74, 6) is 1.30. The van der Waals surface area contributed by atoms with Gasteiger partial charge in [0.15, 0.2) is 0 Å². The van der Waals surface area contributed by atoms with E-state index in [1.165, 1.54) is 49.8 Å². The minimum absolute atomic E-state index is 0.308. The first-order chi connectivity index (χ1) is 11.8. The van der Waals surface area contributed by atoms with Crippen molar-refractivity contribution in [3.8, 4) is 0 Å². The molecule has 2 unspecified atom stereocenters. The van der Waals surface area contributed by atoms with Gasteiger partial charge in [0.05, 0.1) is 10.4 Å². The van der Waals surface area contributed by atoms with E-state index in [1.54, 1.807) is 0 Å². The first kappa shape index (κ1) is 17.9. The lowest BCUT2D eigenvalue weighted by Gasteiger charge is -2.40. The highest BCUT2D eigenvalue weighted by Gasteiger charge is 2.37. The van der Waals surface area contributed by atoms with Gasteiger partial charge in [-0.15, -0.1) is 23.5 Å². The second-order valence-corrected chi connectivity index (χ2v) is 10.1. The maximum atomic E-state index is 4.20. The molecule has 0 saturated carbocycles. The highest BCUT2D eigenvalue weighted by atomic mass is 32.2. The number of imidazole rings is 1. The summed E-state index contributed by atoms with van der Waals surface area (Å²) in [4.78, 5) is 4.20. The van der Waals surface area contributed by atoms with Crippen LogP contribution in [0.5, 0.6) is 0 Å². The second-order valence-electron chi connectivity index (χ2n) is 6.64. The molecule has 0 radical (unpaired) electrons. The van der Waals surface area contributed by atoms with Crippen LogP contribution in [-0.2, 0) is 13.0 Å². The van der Waals surface area contributed by atoms with Crippen molar-refractivity contribution in [2.24, 2.45) is 0 Å². The van der Waals surface area contributed by atoms with Gasteiger partial charge in [-0.2, -0.15) is 0 Å². The Labute approximate surface area is 154 Å². The zero-order chi connectivity index (χ0) is 16.7. The van der Waals surface area contributed by atoms with Crippen molar-refractivity contribution in [1.29, 1.82) is 0 Å². The summed E-state index contributed by atoms with van der Waals surface area (Å²) < 4.78 is 2.53. The number of thioether (sulfide) groups is 2. The SMILES string of the molecule is CCCCC1CCSC(CCn2ccnc2)(Cc2ccccc2)S1. The monoisotopic (exact) mass is 360 g/mol. The highest BCUT2D eigenvalue weighted by molar-refractivity contribution is 8.19. The van der Waals surface area contributed by atoms with Crippen molar-refractivity contribution < 1.29 is 0 Å². The number of nitrogens with zero attached hydrogens (tertiary/aromatic N) is 2. The zero-order valence-corrected chi connectivity index (χ0v) is 16.2. The van der Waals surface area contributed by atoms with Crippen molar-refractivity contribution in [2.75, 3.05) is 5.75 Å². The molecule has 0 amide bonds. The van der Waals surface area contributed by atoms with E-state index in [2.05, 4.69) is 76.5 Å². The van der Waals surface area contributed by atoms with Gasteiger partial charge >= 0.3 is 0 Å². The van der Waals surface area contributed by atoms with E-state index in [4.69, 9.17) is 0 Å². The number of benzene rings is 1. The lowest BCUT2D eigenvalue weighted by atomic mass is 10.1. The molecule has 0 N–H and O–H groups in total. The molecule has 1 fully saturated rings. The molecule has 2 nitrogen and oxygen atoms in total. The molecule has 0 spiro atoms. The van der Waals surface area contributed by atoms with E-state index in [-0.39, 0.29) is 0 Å². The molecule has 1 aromatic carbocycles. The Bertz CT molecular complexity index is 585. The van der Waals surface area contributed by atoms with E-state index in [0.29, 0.717) is 4.08 Å². The van der Waals surface area contributed by atoms with Crippen LogP contribution in [-0.4, -0.2) is 24.6 Å². The maximum absolute atomic E-state index is 4.20. The zero-order valence-electron chi connectivity index (χ0n) is 14.6. The van der Waals surface area contributed by atoms with Gasteiger partial charge in [0.2, 0.25) is 0 Å².